The van der Waals surface area contributed by atoms with E-state index in [2.05, 4.69) is 5.32 Å². The number of nitrogens with one attached hydrogen (secondary N) is 1. The van der Waals surface area contributed by atoms with Gasteiger partial charge in [0.1, 0.15) is 0 Å². The average molecular weight is 159 g/mol. The average Bonchev–Trinajstić information content (AvgIpc) is 2.40. The van der Waals surface area contributed by atoms with Crippen LogP contribution in [0.5, 0.6) is 0 Å². The van der Waals surface area contributed by atoms with E-state index in [1.54, 1.807) is 0 Å². The maximum atomic E-state index is 10.9. The zero-order valence-corrected chi connectivity index (χ0v) is 6.93. The quantitative estimate of drug-likeness (QED) is 0.668. The van der Waals surface area contributed by atoms with E-state index in [1.807, 2.05) is 6.92 Å². The van der Waals surface area contributed by atoms with Crippen LogP contribution in [-0.4, -0.2) is 18.7 Å². The first-order valence-electron chi connectivity index (χ1n) is 4.26. The van der Waals surface area contributed by atoms with E-state index < -0.39 is 0 Å². The summed E-state index contributed by atoms with van der Waals surface area (Å²) >= 11 is 0. The Bertz CT molecular complexity index is 135. The molecule has 11 heavy (non-hydrogen) atoms. The van der Waals surface area contributed by atoms with Crippen molar-refractivity contribution in [2.75, 3.05) is 6.61 Å². The van der Waals surface area contributed by atoms with Crippen LogP contribution in [0.1, 0.15) is 34.0 Å². The van der Waals surface area contributed by atoms with E-state index in [1.165, 1.54) is 12.8 Å². The van der Waals surface area contributed by atoms with E-state index in [4.69, 9.17) is 4.74 Å². The summed E-state index contributed by atoms with van der Waals surface area (Å²) in [4.78, 5) is 10.9. The number of carbonyl (C=O) groups is 1. The molecule has 1 N–H and O–H groups in total. The summed E-state index contributed by atoms with van der Waals surface area (Å²) < 4.78 is 4.75. The molecule has 1 saturated carbocycles. The highest BCUT2D eigenvalue weighted by Gasteiger charge is 2.16. The lowest BCUT2D eigenvalue weighted by atomic mass is 10.3. The molecule has 66 valence electrons. The number of ether oxygens (including phenoxy) is 1. The zero-order valence-electron chi connectivity index (χ0n) is 6.93. The van der Waals surface area contributed by atoms with Crippen LogP contribution >= 0.6 is 0 Å². The topological polar surface area (TPSA) is 38.3 Å². The maximum absolute atomic E-state index is 10.9. The third kappa shape index (κ3) is 2.78. The molecule has 1 aliphatic carbocycles. The third-order valence-corrected chi connectivity index (χ3v) is 1.95. The van der Waals surface area contributed by atoms with Crippen molar-refractivity contribution < 1.29 is 11.0 Å². The van der Waals surface area contributed by atoms with Crippen LogP contribution in [-0.2, 0) is 4.74 Å². The van der Waals surface area contributed by atoms with Crippen LogP contribution in [0.15, 0.2) is 0 Å². The minimum Gasteiger partial charge on any atom is -0.450 e. The van der Waals surface area contributed by atoms with Gasteiger partial charge in [-0.15, -0.1) is 0 Å². The predicted octanol–water partition coefficient (Wildman–Crippen LogP) is 1.92. The first-order chi connectivity index (χ1) is 5.33. The van der Waals surface area contributed by atoms with Crippen molar-refractivity contribution in [3.05, 3.63) is 0 Å². The van der Waals surface area contributed by atoms with E-state index in [0.29, 0.717) is 12.6 Å². The molecule has 0 spiro atoms. The van der Waals surface area contributed by atoms with Crippen LogP contribution < -0.4 is 5.32 Å². The molecule has 0 heterocycles. The van der Waals surface area contributed by atoms with Gasteiger partial charge in [-0.2, -0.15) is 0 Å². The molecule has 0 saturated heterocycles. The van der Waals surface area contributed by atoms with Gasteiger partial charge in [-0.1, -0.05) is 12.8 Å². The molecule has 3 nitrogen and oxygen atoms in total. The van der Waals surface area contributed by atoms with Crippen molar-refractivity contribution in [3.8, 4) is 0 Å². The third-order valence-electron chi connectivity index (χ3n) is 1.95. The summed E-state index contributed by atoms with van der Waals surface area (Å²) in [6.45, 7) is 2.27. The molecule has 0 aromatic carbocycles. The van der Waals surface area contributed by atoms with Crippen molar-refractivity contribution in [3.63, 3.8) is 0 Å². The largest absolute Gasteiger partial charge is 0.450 e. The van der Waals surface area contributed by atoms with Gasteiger partial charge in [0.2, 0.25) is 0 Å². The summed E-state index contributed by atoms with van der Waals surface area (Å²) in [5.74, 6) is 0. The normalized spacial score (nSPS) is 18.3. The summed E-state index contributed by atoms with van der Waals surface area (Å²) in [7, 11) is 0. The second-order valence-electron chi connectivity index (χ2n) is 2.85. The van der Waals surface area contributed by atoms with Gasteiger partial charge in [0, 0.05) is 7.47 Å². The van der Waals surface area contributed by atoms with Gasteiger partial charge in [-0.3, -0.25) is 0 Å². The van der Waals surface area contributed by atoms with Crippen LogP contribution in [0.3, 0.4) is 0 Å². The molecular formula is C8H17NO2. The number of hydrogen-bond donors (Lipinski definition) is 1. The molecule has 1 fully saturated rings. The minimum absolute atomic E-state index is 0. The number of carbonyl (C=O) groups excluding carboxylic acids is 1. The van der Waals surface area contributed by atoms with Crippen LogP contribution in [0, 0.1) is 0 Å². The molecule has 0 aromatic heterocycles. The smallest absolute Gasteiger partial charge is 0.407 e. The number of alkyl carbamates (subject to hydrolysis) is 1. The Kier molecular flexibility index (Phi) is 3.20. The van der Waals surface area contributed by atoms with Gasteiger partial charge < -0.3 is 10.1 Å². The molecule has 0 unspecified atom stereocenters. The van der Waals surface area contributed by atoms with Crippen molar-refractivity contribution in [2.24, 2.45) is 0 Å². The first kappa shape index (κ1) is 8.37. The second-order valence-corrected chi connectivity index (χ2v) is 2.85. The van der Waals surface area contributed by atoms with E-state index >= 15 is 0 Å². The Morgan fingerprint density at radius 1 is 1.64 bits per heavy atom. The lowest BCUT2D eigenvalue weighted by Crippen LogP contribution is -2.32. The van der Waals surface area contributed by atoms with Crippen molar-refractivity contribution in [2.45, 2.75) is 38.6 Å². The fourth-order valence-corrected chi connectivity index (χ4v) is 1.41. The fourth-order valence-electron chi connectivity index (χ4n) is 1.41. The zero-order chi connectivity index (χ0) is 8.10. The molecule has 0 aliphatic heterocycles. The number of rotatable bonds is 2. The molecule has 3 heteroatoms. The monoisotopic (exact) mass is 159 g/mol. The van der Waals surface area contributed by atoms with Crippen LogP contribution in [0.4, 0.5) is 4.79 Å². The van der Waals surface area contributed by atoms with Gasteiger partial charge >= 0.3 is 6.09 Å². The molecular weight excluding hydrogens is 142 g/mol. The van der Waals surface area contributed by atoms with Crippen molar-refractivity contribution >= 4 is 6.09 Å². The SMILES string of the molecule is CCOC(=O)NC1CCCC1.[HH]. The molecule has 1 amide bonds. The summed E-state index contributed by atoms with van der Waals surface area (Å²) in [6, 6.07) is 0.369. The number of hydrogen-bond acceptors (Lipinski definition) is 2. The summed E-state index contributed by atoms with van der Waals surface area (Å²) in [6.07, 6.45) is 4.42. The molecule has 0 bridgehead atoms. The maximum Gasteiger partial charge on any atom is 0.407 e. The van der Waals surface area contributed by atoms with E-state index in [0.717, 1.165) is 12.8 Å². The van der Waals surface area contributed by atoms with Crippen LogP contribution in [0.25, 0.3) is 0 Å². The molecule has 1 aliphatic rings. The summed E-state index contributed by atoms with van der Waals surface area (Å²) in [5.41, 5.74) is 0. The number of amides is 1. The van der Waals surface area contributed by atoms with Crippen molar-refractivity contribution in [1.82, 2.24) is 5.32 Å². The van der Waals surface area contributed by atoms with E-state index in [9.17, 15) is 4.79 Å². The van der Waals surface area contributed by atoms with Gasteiger partial charge in [-0.25, -0.2) is 4.79 Å². The van der Waals surface area contributed by atoms with Crippen molar-refractivity contribution in [1.29, 1.82) is 0 Å². The Morgan fingerprint density at radius 2 is 2.27 bits per heavy atom. The minimum atomic E-state index is -0.264. The fraction of sp³-hybridized carbons (Fsp3) is 0.875. The van der Waals surface area contributed by atoms with E-state index in [-0.39, 0.29) is 7.52 Å². The Labute approximate surface area is 68.6 Å². The van der Waals surface area contributed by atoms with Gasteiger partial charge in [-0.05, 0) is 19.8 Å². The lowest BCUT2D eigenvalue weighted by Gasteiger charge is -2.10. The van der Waals surface area contributed by atoms with Gasteiger partial charge in [0.15, 0.2) is 0 Å². The molecule has 0 aromatic rings. The summed E-state index contributed by atoms with van der Waals surface area (Å²) in [5, 5.41) is 2.82. The Hall–Kier alpha value is -0.730. The second kappa shape index (κ2) is 4.21. The van der Waals surface area contributed by atoms with Crippen LogP contribution in [0.2, 0.25) is 0 Å². The standard InChI is InChI=1S/C8H15NO2.H2/c1-2-11-8(10)9-7-5-3-4-6-7;/h7H,2-6H2,1H3,(H,9,10);1H. The highest BCUT2D eigenvalue weighted by atomic mass is 16.5. The van der Waals surface area contributed by atoms with Gasteiger partial charge in [0.05, 0.1) is 6.61 Å². The lowest BCUT2D eigenvalue weighted by molar-refractivity contribution is 0.148. The highest BCUT2D eigenvalue weighted by Crippen LogP contribution is 2.17. The Balaban J connectivity index is 0.00000121. The first-order valence-corrected chi connectivity index (χ1v) is 4.26. The molecule has 0 radical (unpaired) electrons. The highest BCUT2D eigenvalue weighted by molar-refractivity contribution is 5.67. The Morgan fingerprint density at radius 3 is 2.82 bits per heavy atom. The molecule has 0 atom stereocenters. The predicted molar refractivity (Wildman–Crippen MR) is 44.5 cm³/mol. The molecule has 1 rings (SSSR count). The van der Waals surface area contributed by atoms with Gasteiger partial charge in [0.25, 0.3) is 0 Å².